The van der Waals surface area contributed by atoms with Crippen molar-refractivity contribution in [2.24, 2.45) is 0 Å². The minimum atomic E-state index is -4.57. The summed E-state index contributed by atoms with van der Waals surface area (Å²) < 4.78 is 38.8. The quantitative estimate of drug-likeness (QED) is 0.591. The van der Waals surface area contributed by atoms with Gasteiger partial charge < -0.3 is 10.6 Å². The predicted molar refractivity (Wildman–Crippen MR) is 96.6 cm³/mol. The topological polar surface area (TPSA) is 84.0 Å². The molecule has 144 valence electrons. The Balaban J connectivity index is 2.15. The zero-order chi connectivity index (χ0) is 20.2. The first-order valence-electron chi connectivity index (χ1n) is 7.78. The van der Waals surface area contributed by atoms with Crippen LogP contribution in [-0.2, 0) is 15.8 Å². The lowest BCUT2D eigenvalue weighted by Gasteiger charge is -2.14. The van der Waals surface area contributed by atoms with Gasteiger partial charge in [0.05, 0.1) is 22.7 Å². The Labute approximate surface area is 158 Å². The molecule has 0 aliphatic rings. The van der Waals surface area contributed by atoms with Gasteiger partial charge in [-0.3, -0.25) is 9.59 Å². The van der Waals surface area contributed by atoms with Gasteiger partial charge in [-0.15, -0.1) is 0 Å². The van der Waals surface area contributed by atoms with Gasteiger partial charge >= 0.3 is 6.18 Å². The van der Waals surface area contributed by atoms with Crippen LogP contribution in [0.25, 0.3) is 0 Å². The standard InChI is InChI=1S/C17H17F3N4O2S/c1-9-6-10(2)22-16(21-9)27-8-15(26)24-14-7-12(17(18,19)20)4-5-13(14)23-11(3)25/h4-7H,8H2,1-3H3,(H,23,25)(H,24,26). The van der Waals surface area contributed by atoms with E-state index in [0.717, 1.165) is 41.3 Å². The Morgan fingerprint density at radius 3 is 2.22 bits per heavy atom. The Morgan fingerprint density at radius 1 is 1.04 bits per heavy atom. The van der Waals surface area contributed by atoms with Crippen LogP contribution < -0.4 is 10.6 Å². The molecule has 1 aromatic carbocycles. The zero-order valence-electron chi connectivity index (χ0n) is 14.8. The molecule has 0 fully saturated rings. The van der Waals surface area contributed by atoms with Gasteiger partial charge in [-0.1, -0.05) is 11.8 Å². The Bertz CT molecular complexity index is 851. The number of hydrogen-bond acceptors (Lipinski definition) is 5. The average molecular weight is 398 g/mol. The van der Waals surface area contributed by atoms with Crippen molar-refractivity contribution < 1.29 is 22.8 Å². The van der Waals surface area contributed by atoms with Gasteiger partial charge in [-0.2, -0.15) is 13.2 Å². The van der Waals surface area contributed by atoms with Crippen LogP contribution in [-0.4, -0.2) is 27.5 Å². The number of amides is 2. The predicted octanol–water partition coefficient (Wildman–Crippen LogP) is 3.80. The summed E-state index contributed by atoms with van der Waals surface area (Å²) in [5.41, 5.74) is 0.508. The molecule has 0 aliphatic carbocycles. The van der Waals surface area contributed by atoms with Crippen LogP contribution in [0.2, 0.25) is 0 Å². The second-order valence-corrected chi connectivity index (χ2v) is 6.65. The molecule has 2 aromatic rings. The SMILES string of the molecule is CC(=O)Nc1ccc(C(F)(F)F)cc1NC(=O)CSc1nc(C)cc(C)n1. The van der Waals surface area contributed by atoms with Crippen LogP contribution in [0, 0.1) is 13.8 Å². The maximum atomic E-state index is 12.9. The van der Waals surface area contributed by atoms with E-state index in [2.05, 4.69) is 20.6 Å². The molecule has 0 aliphatic heterocycles. The molecule has 0 unspecified atom stereocenters. The highest BCUT2D eigenvalue weighted by Crippen LogP contribution is 2.34. The van der Waals surface area contributed by atoms with Crippen LogP contribution in [0.5, 0.6) is 0 Å². The fraction of sp³-hybridized carbons (Fsp3) is 0.294. The van der Waals surface area contributed by atoms with Gasteiger partial charge in [-0.25, -0.2) is 9.97 Å². The molecule has 2 amide bonds. The summed E-state index contributed by atoms with van der Waals surface area (Å²) in [6.45, 7) is 4.80. The number of nitrogens with one attached hydrogen (secondary N) is 2. The summed E-state index contributed by atoms with van der Waals surface area (Å²) in [4.78, 5) is 31.8. The second-order valence-electron chi connectivity index (χ2n) is 5.71. The molecule has 1 aromatic heterocycles. The Kier molecular flexibility index (Phi) is 6.42. The number of nitrogens with zero attached hydrogens (tertiary/aromatic N) is 2. The fourth-order valence-electron chi connectivity index (χ4n) is 2.20. The third kappa shape index (κ3) is 6.24. The first-order chi connectivity index (χ1) is 12.5. The van der Waals surface area contributed by atoms with E-state index in [0.29, 0.717) is 5.16 Å². The van der Waals surface area contributed by atoms with E-state index in [1.807, 2.05) is 0 Å². The van der Waals surface area contributed by atoms with Gasteiger partial charge in [0.2, 0.25) is 11.8 Å². The van der Waals surface area contributed by atoms with Crippen molar-refractivity contribution in [3.63, 3.8) is 0 Å². The number of anilines is 2. The molecule has 0 saturated heterocycles. The van der Waals surface area contributed by atoms with Crippen molar-refractivity contribution in [1.82, 2.24) is 9.97 Å². The number of halogens is 3. The largest absolute Gasteiger partial charge is 0.416 e. The highest BCUT2D eigenvalue weighted by Gasteiger charge is 2.31. The van der Waals surface area contributed by atoms with Crippen molar-refractivity contribution >= 4 is 35.0 Å². The van der Waals surface area contributed by atoms with Gasteiger partial charge in [0.25, 0.3) is 0 Å². The molecular formula is C17H17F3N4O2S. The number of aromatic nitrogens is 2. The molecule has 2 N–H and O–H groups in total. The molecule has 0 bridgehead atoms. The molecule has 2 rings (SSSR count). The Morgan fingerprint density at radius 2 is 1.67 bits per heavy atom. The normalized spacial score (nSPS) is 11.2. The summed E-state index contributed by atoms with van der Waals surface area (Å²) in [7, 11) is 0. The van der Waals surface area contributed by atoms with E-state index in [4.69, 9.17) is 0 Å². The fourth-order valence-corrected chi connectivity index (χ4v) is 2.95. The molecule has 0 saturated carbocycles. The summed E-state index contributed by atoms with van der Waals surface area (Å²) in [5, 5.41) is 5.19. The molecule has 1 heterocycles. The Hall–Kier alpha value is -2.62. The van der Waals surface area contributed by atoms with Gasteiger partial charge in [-0.05, 0) is 38.1 Å². The maximum absolute atomic E-state index is 12.9. The van der Waals surface area contributed by atoms with E-state index in [1.54, 1.807) is 19.9 Å². The lowest BCUT2D eigenvalue weighted by molar-refractivity contribution is -0.137. The van der Waals surface area contributed by atoms with E-state index >= 15 is 0 Å². The van der Waals surface area contributed by atoms with Crippen LogP contribution in [0.4, 0.5) is 24.5 Å². The monoisotopic (exact) mass is 398 g/mol. The molecule has 6 nitrogen and oxygen atoms in total. The number of benzene rings is 1. The van der Waals surface area contributed by atoms with Crippen molar-refractivity contribution in [1.29, 1.82) is 0 Å². The van der Waals surface area contributed by atoms with Gasteiger partial charge in [0.1, 0.15) is 0 Å². The number of alkyl halides is 3. The third-order valence-electron chi connectivity index (χ3n) is 3.23. The first-order valence-corrected chi connectivity index (χ1v) is 8.77. The smallest absolute Gasteiger partial charge is 0.325 e. The highest BCUT2D eigenvalue weighted by atomic mass is 32.2. The van der Waals surface area contributed by atoms with Gasteiger partial charge in [0, 0.05) is 18.3 Å². The van der Waals surface area contributed by atoms with E-state index < -0.39 is 23.6 Å². The summed E-state index contributed by atoms with van der Waals surface area (Å²) >= 11 is 1.06. The minimum Gasteiger partial charge on any atom is -0.325 e. The molecule has 0 spiro atoms. The number of carbonyl (C=O) groups excluding carboxylic acids is 2. The summed E-state index contributed by atoms with van der Waals surface area (Å²) in [5.74, 6) is -1.12. The van der Waals surface area contributed by atoms with Crippen molar-refractivity contribution in [3.8, 4) is 0 Å². The average Bonchev–Trinajstić information content (AvgIpc) is 2.52. The molecule has 10 heteroatoms. The zero-order valence-corrected chi connectivity index (χ0v) is 15.6. The van der Waals surface area contributed by atoms with Crippen LogP contribution in [0.1, 0.15) is 23.9 Å². The van der Waals surface area contributed by atoms with Crippen molar-refractivity contribution in [3.05, 3.63) is 41.2 Å². The van der Waals surface area contributed by atoms with Gasteiger partial charge in [0.15, 0.2) is 5.16 Å². The number of thioether (sulfide) groups is 1. The number of aryl methyl sites for hydroxylation is 2. The third-order valence-corrected chi connectivity index (χ3v) is 4.07. The second kappa shape index (κ2) is 8.38. The summed E-state index contributed by atoms with van der Waals surface area (Å²) in [6.07, 6.45) is -4.57. The molecule has 0 atom stereocenters. The minimum absolute atomic E-state index is 0.0801. The van der Waals surface area contributed by atoms with Crippen molar-refractivity contribution in [2.75, 3.05) is 16.4 Å². The molecule has 27 heavy (non-hydrogen) atoms. The van der Waals surface area contributed by atoms with Crippen molar-refractivity contribution in [2.45, 2.75) is 32.1 Å². The van der Waals surface area contributed by atoms with E-state index in [9.17, 15) is 22.8 Å². The van der Waals surface area contributed by atoms with Crippen LogP contribution in [0.3, 0.4) is 0 Å². The number of hydrogen-bond donors (Lipinski definition) is 2. The lowest BCUT2D eigenvalue weighted by atomic mass is 10.1. The number of carbonyl (C=O) groups is 2. The summed E-state index contributed by atoms with van der Waals surface area (Å²) in [6, 6.07) is 4.49. The first kappa shape index (κ1) is 20.7. The van der Waals surface area contributed by atoms with E-state index in [-0.39, 0.29) is 17.1 Å². The lowest BCUT2D eigenvalue weighted by Crippen LogP contribution is -2.18. The van der Waals surface area contributed by atoms with E-state index in [1.165, 1.54) is 6.92 Å². The number of rotatable bonds is 5. The molecular weight excluding hydrogens is 381 g/mol. The highest BCUT2D eigenvalue weighted by molar-refractivity contribution is 7.99. The van der Waals surface area contributed by atoms with Crippen LogP contribution in [0.15, 0.2) is 29.4 Å². The maximum Gasteiger partial charge on any atom is 0.416 e. The van der Waals surface area contributed by atoms with Crippen LogP contribution >= 0.6 is 11.8 Å². The molecule has 0 radical (unpaired) electrons.